The molecule has 0 aromatic heterocycles. The zero-order valence-corrected chi connectivity index (χ0v) is 16.0. The van der Waals surface area contributed by atoms with Crippen LogP contribution in [-0.2, 0) is 25.7 Å². The van der Waals surface area contributed by atoms with Crippen molar-refractivity contribution in [3.05, 3.63) is 77.3 Å². The van der Waals surface area contributed by atoms with Crippen LogP contribution >= 0.6 is 11.6 Å². The summed E-state index contributed by atoms with van der Waals surface area (Å²) in [6.45, 7) is 0.0523. The molecular weight excluding hydrogens is 396 g/mol. The molecule has 0 aliphatic carbocycles. The summed E-state index contributed by atoms with van der Waals surface area (Å²) >= 11 is 5.97. The number of hydrogen-bond donors (Lipinski definition) is 1. The molecule has 3 amide bonds. The van der Waals surface area contributed by atoms with Crippen molar-refractivity contribution in [3.8, 4) is 0 Å². The van der Waals surface area contributed by atoms with Crippen molar-refractivity contribution < 1.29 is 24.3 Å². The van der Waals surface area contributed by atoms with Gasteiger partial charge in [0.25, 0.3) is 5.91 Å². The molecule has 2 aromatic rings. The number of rotatable bonds is 6. The summed E-state index contributed by atoms with van der Waals surface area (Å²) in [6.07, 6.45) is 1.38. The second kappa shape index (κ2) is 8.70. The second-order valence-corrected chi connectivity index (χ2v) is 6.83. The average Bonchev–Trinajstić information content (AvgIpc) is 2.99. The Morgan fingerprint density at radius 1 is 1.10 bits per heavy atom. The number of benzene rings is 2. The molecule has 0 radical (unpaired) electrons. The monoisotopic (exact) mass is 412 g/mol. The number of carbonyl (C=O) groups is 4. The molecule has 0 saturated carbocycles. The molecule has 3 rings (SSSR count). The van der Waals surface area contributed by atoms with Crippen molar-refractivity contribution in [2.75, 3.05) is 4.90 Å². The van der Waals surface area contributed by atoms with Gasteiger partial charge in [-0.1, -0.05) is 48.0 Å². The number of nitrogens with zero attached hydrogens (tertiary/aromatic N) is 2. The van der Waals surface area contributed by atoms with Gasteiger partial charge in [0.2, 0.25) is 11.8 Å². The zero-order valence-electron chi connectivity index (χ0n) is 15.2. The van der Waals surface area contributed by atoms with Gasteiger partial charge in [0, 0.05) is 23.7 Å². The highest BCUT2D eigenvalue weighted by Crippen LogP contribution is 2.28. The number of amides is 3. The van der Waals surface area contributed by atoms with Gasteiger partial charge in [0.15, 0.2) is 0 Å². The van der Waals surface area contributed by atoms with E-state index in [0.29, 0.717) is 16.8 Å². The van der Waals surface area contributed by atoms with E-state index in [0.717, 1.165) is 16.5 Å². The largest absolute Gasteiger partial charge is 0.478 e. The highest BCUT2D eigenvalue weighted by molar-refractivity contribution is 6.31. The van der Waals surface area contributed by atoms with E-state index in [4.69, 9.17) is 16.7 Å². The van der Waals surface area contributed by atoms with Crippen molar-refractivity contribution in [2.45, 2.75) is 19.0 Å². The SMILES string of the molecule is O=C(O)/C=C/C(=O)N(Cc1ccccc1)[C@@H]1CC(=O)N(c2cccc(Cl)c2)C1=O. The van der Waals surface area contributed by atoms with E-state index in [-0.39, 0.29) is 13.0 Å². The Balaban J connectivity index is 1.92. The van der Waals surface area contributed by atoms with Crippen molar-refractivity contribution in [3.63, 3.8) is 0 Å². The minimum atomic E-state index is -1.28. The van der Waals surface area contributed by atoms with E-state index in [2.05, 4.69) is 0 Å². The number of aliphatic carboxylic acids is 1. The van der Waals surface area contributed by atoms with E-state index >= 15 is 0 Å². The molecule has 0 spiro atoms. The molecule has 8 heteroatoms. The van der Waals surface area contributed by atoms with Gasteiger partial charge in [0.05, 0.1) is 12.1 Å². The average molecular weight is 413 g/mol. The summed E-state index contributed by atoms with van der Waals surface area (Å²) in [7, 11) is 0. The molecular formula is C21H17ClN2O5. The van der Waals surface area contributed by atoms with Crippen LogP contribution in [0.3, 0.4) is 0 Å². The van der Waals surface area contributed by atoms with Crippen LogP contribution in [0.1, 0.15) is 12.0 Å². The van der Waals surface area contributed by atoms with Crippen LogP contribution in [0, 0.1) is 0 Å². The van der Waals surface area contributed by atoms with Gasteiger partial charge in [-0.15, -0.1) is 0 Å². The first-order chi connectivity index (χ1) is 13.9. The molecule has 1 heterocycles. The number of imide groups is 1. The Labute approximate surface area is 171 Å². The lowest BCUT2D eigenvalue weighted by molar-refractivity contribution is -0.135. The molecule has 0 unspecified atom stereocenters. The standard InChI is InChI=1S/C21H17ClN2O5/c22-15-7-4-8-16(11-15)24-19(26)12-17(21(24)29)23(18(25)9-10-20(27)28)13-14-5-2-1-3-6-14/h1-11,17H,12-13H2,(H,27,28)/b10-9+/t17-/m1/s1. The summed E-state index contributed by atoms with van der Waals surface area (Å²) in [5.74, 6) is -2.98. The van der Waals surface area contributed by atoms with E-state index in [1.54, 1.807) is 42.5 Å². The van der Waals surface area contributed by atoms with Crippen LogP contribution in [0.15, 0.2) is 66.7 Å². The third kappa shape index (κ3) is 4.70. The van der Waals surface area contributed by atoms with Crippen molar-refractivity contribution in [2.24, 2.45) is 0 Å². The Bertz CT molecular complexity index is 990. The maximum Gasteiger partial charge on any atom is 0.328 e. The molecule has 2 aromatic carbocycles. The van der Waals surface area contributed by atoms with Crippen molar-refractivity contribution in [1.82, 2.24) is 4.90 Å². The maximum atomic E-state index is 13.0. The fraction of sp³-hybridized carbons (Fsp3) is 0.143. The van der Waals surface area contributed by atoms with Gasteiger partial charge >= 0.3 is 5.97 Å². The minimum Gasteiger partial charge on any atom is -0.478 e. The van der Waals surface area contributed by atoms with Gasteiger partial charge in [0.1, 0.15) is 6.04 Å². The fourth-order valence-electron chi connectivity index (χ4n) is 3.11. The molecule has 1 N–H and O–H groups in total. The Morgan fingerprint density at radius 2 is 1.83 bits per heavy atom. The van der Waals surface area contributed by atoms with Gasteiger partial charge in [-0.3, -0.25) is 14.4 Å². The minimum absolute atomic E-state index is 0.0523. The summed E-state index contributed by atoms with van der Waals surface area (Å²) in [5, 5.41) is 9.18. The maximum absolute atomic E-state index is 13.0. The molecule has 7 nitrogen and oxygen atoms in total. The first kappa shape index (κ1) is 20.3. The highest BCUT2D eigenvalue weighted by Gasteiger charge is 2.44. The topological polar surface area (TPSA) is 95.0 Å². The number of carboxylic acids is 1. The third-order valence-corrected chi connectivity index (χ3v) is 4.65. The lowest BCUT2D eigenvalue weighted by Crippen LogP contribution is -2.44. The van der Waals surface area contributed by atoms with Gasteiger partial charge in [-0.05, 0) is 23.8 Å². The normalized spacial score (nSPS) is 16.4. The summed E-state index contributed by atoms with van der Waals surface area (Å²) in [6, 6.07) is 14.2. The molecule has 0 bridgehead atoms. The second-order valence-electron chi connectivity index (χ2n) is 6.39. The molecule has 1 aliphatic rings. The lowest BCUT2D eigenvalue weighted by atomic mass is 10.1. The number of halogens is 1. The van der Waals surface area contributed by atoms with E-state index in [1.807, 2.05) is 6.07 Å². The summed E-state index contributed by atoms with van der Waals surface area (Å²) in [5.41, 5.74) is 1.06. The molecule has 1 aliphatic heterocycles. The molecule has 1 saturated heterocycles. The van der Waals surface area contributed by atoms with Crippen LogP contribution in [0.2, 0.25) is 5.02 Å². The number of carbonyl (C=O) groups excluding carboxylic acids is 3. The smallest absolute Gasteiger partial charge is 0.328 e. The van der Waals surface area contributed by atoms with Crippen molar-refractivity contribution in [1.29, 1.82) is 0 Å². The number of hydrogen-bond acceptors (Lipinski definition) is 4. The number of carboxylic acid groups (broad SMARTS) is 1. The molecule has 148 valence electrons. The van der Waals surface area contributed by atoms with Crippen LogP contribution in [0.25, 0.3) is 0 Å². The van der Waals surface area contributed by atoms with Gasteiger partial charge in [-0.25, -0.2) is 9.69 Å². The predicted molar refractivity (Wildman–Crippen MR) is 106 cm³/mol. The zero-order chi connectivity index (χ0) is 21.0. The quantitative estimate of drug-likeness (QED) is 0.581. The molecule has 1 atom stereocenters. The van der Waals surface area contributed by atoms with Gasteiger partial charge in [-0.2, -0.15) is 0 Å². The van der Waals surface area contributed by atoms with Crippen LogP contribution in [-0.4, -0.2) is 39.7 Å². The molecule has 29 heavy (non-hydrogen) atoms. The third-order valence-electron chi connectivity index (χ3n) is 4.41. The van der Waals surface area contributed by atoms with E-state index in [9.17, 15) is 19.2 Å². The Hall–Kier alpha value is -3.45. The van der Waals surface area contributed by atoms with Gasteiger partial charge < -0.3 is 10.0 Å². The summed E-state index contributed by atoms with van der Waals surface area (Å²) < 4.78 is 0. The molecule has 1 fully saturated rings. The van der Waals surface area contributed by atoms with Crippen LogP contribution < -0.4 is 4.90 Å². The van der Waals surface area contributed by atoms with E-state index < -0.39 is 29.7 Å². The van der Waals surface area contributed by atoms with Crippen molar-refractivity contribution >= 4 is 41.0 Å². The summed E-state index contributed by atoms with van der Waals surface area (Å²) in [4.78, 5) is 51.3. The first-order valence-corrected chi connectivity index (χ1v) is 9.12. The fourth-order valence-corrected chi connectivity index (χ4v) is 3.29. The van der Waals surface area contributed by atoms with E-state index in [1.165, 1.54) is 11.0 Å². The van der Waals surface area contributed by atoms with Crippen LogP contribution in [0.5, 0.6) is 0 Å². The Morgan fingerprint density at radius 3 is 2.48 bits per heavy atom. The number of anilines is 1. The Kier molecular flexibility index (Phi) is 6.09. The van der Waals surface area contributed by atoms with Crippen LogP contribution in [0.4, 0.5) is 5.69 Å². The lowest BCUT2D eigenvalue weighted by Gasteiger charge is -2.26. The first-order valence-electron chi connectivity index (χ1n) is 8.74. The highest BCUT2D eigenvalue weighted by atomic mass is 35.5. The predicted octanol–water partition coefficient (Wildman–Crippen LogP) is 2.64.